The van der Waals surface area contributed by atoms with Crippen molar-refractivity contribution in [2.75, 3.05) is 10.2 Å². The van der Waals surface area contributed by atoms with Crippen LogP contribution < -0.4 is 15.5 Å². The van der Waals surface area contributed by atoms with Gasteiger partial charge < -0.3 is 10.6 Å². The number of non-ortho nitro benzene ring substituents is 1. The lowest BCUT2D eigenvalue weighted by Gasteiger charge is -2.15. The van der Waals surface area contributed by atoms with E-state index in [9.17, 15) is 33.7 Å². The average Bonchev–Trinajstić information content (AvgIpc) is 3.30. The van der Waals surface area contributed by atoms with Crippen molar-refractivity contribution in [2.24, 2.45) is 0 Å². The van der Waals surface area contributed by atoms with Crippen LogP contribution >= 0.6 is 27.7 Å². The third kappa shape index (κ3) is 7.51. The minimum atomic E-state index is -0.765. The number of thioether (sulfide) groups is 1. The van der Waals surface area contributed by atoms with E-state index in [4.69, 9.17) is 0 Å². The number of benzene rings is 4. The lowest BCUT2D eigenvalue weighted by atomic mass is 10.1. The van der Waals surface area contributed by atoms with Crippen molar-refractivity contribution >= 4 is 74.5 Å². The molecule has 0 aliphatic carbocycles. The Balaban J connectivity index is 1.33. The van der Waals surface area contributed by atoms with Crippen molar-refractivity contribution in [3.8, 4) is 0 Å². The van der Waals surface area contributed by atoms with Gasteiger partial charge in [0.25, 0.3) is 17.5 Å². The van der Waals surface area contributed by atoms with Crippen molar-refractivity contribution in [1.29, 1.82) is 0 Å². The van der Waals surface area contributed by atoms with E-state index in [1.807, 2.05) is 0 Å². The second-order valence-electron chi connectivity index (χ2n) is 9.68. The van der Waals surface area contributed by atoms with E-state index in [1.165, 1.54) is 48.5 Å². The molecular formula is C32H22BrFN4O6S. The molecule has 4 aromatic carbocycles. The lowest BCUT2D eigenvalue weighted by molar-refractivity contribution is -0.384. The molecule has 0 spiro atoms. The van der Waals surface area contributed by atoms with E-state index in [2.05, 4.69) is 26.6 Å². The summed E-state index contributed by atoms with van der Waals surface area (Å²) in [6, 6.07) is 24.1. The van der Waals surface area contributed by atoms with E-state index < -0.39 is 39.6 Å². The highest BCUT2D eigenvalue weighted by molar-refractivity contribution is 9.10. The van der Waals surface area contributed by atoms with Gasteiger partial charge in [-0.3, -0.25) is 29.3 Å². The number of anilines is 2. The van der Waals surface area contributed by atoms with E-state index in [1.54, 1.807) is 54.6 Å². The summed E-state index contributed by atoms with van der Waals surface area (Å²) in [4.78, 5) is 64.1. The van der Waals surface area contributed by atoms with Crippen LogP contribution in [0.4, 0.5) is 21.5 Å². The van der Waals surface area contributed by atoms with E-state index in [0.29, 0.717) is 20.6 Å². The number of nitrogens with zero attached hydrogens (tertiary/aromatic N) is 2. The quantitative estimate of drug-likeness (QED) is 0.0907. The van der Waals surface area contributed by atoms with Gasteiger partial charge in [-0.1, -0.05) is 40.2 Å². The van der Waals surface area contributed by atoms with Gasteiger partial charge in [-0.25, -0.2) is 9.29 Å². The minimum absolute atomic E-state index is 0.0641. The van der Waals surface area contributed by atoms with Crippen molar-refractivity contribution in [3.05, 3.63) is 134 Å². The fraction of sp³-hybridized carbons (Fsp3) is 0.0625. The number of hydrogen-bond donors (Lipinski definition) is 2. The molecule has 0 aromatic heterocycles. The first kappa shape index (κ1) is 31.3. The first-order chi connectivity index (χ1) is 21.6. The highest BCUT2D eigenvalue weighted by Crippen LogP contribution is 2.35. The van der Waals surface area contributed by atoms with Crippen LogP contribution in [0.25, 0.3) is 6.08 Å². The summed E-state index contributed by atoms with van der Waals surface area (Å²) in [5, 5.41) is 15.4. The van der Waals surface area contributed by atoms with Gasteiger partial charge in [-0.05, 0) is 66.7 Å². The number of imide groups is 1. The van der Waals surface area contributed by atoms with Gasteiger partial charge >= 0.3 is 0 Å². The van der Waals surface area contributed by atoms with Crippen molar-refractivity contribution in [1.82, 2.24) is 5.32 Å². The maximum absolute atomic E-state index is 14.6. The van der Waals surface area contributed by atoms with Gasteiger partial charge in [0.05, 0.1) is 15.9 Å². The lowest BCUT2D eigenvalue weighted by Crippen LogP contribution is -2.31. The van der Waals surface area contributed by atoms with Gasteiger partial charge in [0.15, 0.2) is 0 Å². The largest absolute Gasteiger partial charge is 0.321 e. The molecule has 1 saturated heterocycles. The standard InChI is InChI=1S/C32H22BrFN4O6S/c33-21-9-14-26(34)20(15-21)16-27(36-30(40)19-5-2-1-3-6-19)31(41)35-22-7-4-8-25(17-22)45-28-18-29(39)37(32(28)42)23-10-12-24(13-11-23)38(43)44/h1-17,28H,18H2,(H,35,41)(H,36,40)/b27-16+/t28-/m1/s1. The molecule has 226 valence electrons. The normalized spacial score (nSPS) is 14.8. The maximum Gasteiger partial charge on any atom is 0.272 e. The van der Waals surface area contributed by atoms with Crippen molar-refractivity contribution < 1.29 is 28.5 Å². The monoisotopic (exact) mass is 688 g/mol. The molecule has 1 aliphatic rings. The van der Waals surface area contributed by atoms with Crippen LogP contribution in [0.1, 0.15) is 22.3 Å². The Kier molecular flexibility index (Phi) is 9.50. The Hall–Kier alpha value is -5.14. The number of carbonyl (C=O) groups is 4. The Morgan fingerprint density at radius 3 is 2.42 bits per heavy atom. The van der Waals surface area contributed by atoms with Crippen LogP contribution in [-0.4, -0.2) is 33.8 Å². The molecule has 0 radical (unpaired) electrons. The number of amides is 4. The third-order valence-corrected chi connectivity index (χ3v) is 8.25. The molecule has 2 N–H and O–H groups in total. The molecule has 4 amide bonds. The second-order valence-corrected chi connectivity index (χ2v) is 11.9. The van der Waals surface area contributed by atoms with Crippen molar-refractivity contribution in [3.63, 3.8) is 0 Å². The Morgan fingerprint density at radius 1 is 0.978 bits per heavy atom. The summed E-state index contributed by atoms with van der Waals surface area (Å²) in [5.41, 5.74) is 0.537. The molecule has 5 rings (SSSR count). The van der Waals surface area contributed by atoms with Crippen LogP contribution in [0.3, 0.4) is 0 Å². The molecule has 45 heavy (non-hydrogen) atoms. The summed E-state index contributed by atoms with van der Waals surface area (Å²) in [6.07, 6.45) is 1.14. The SMILES string of the molecule is O=C(Nc1cccc(S[C@@H]2CC(=O)N(c3ccc([N+](=O)[O-])cc3)C2=O)c1)/C(=C\c1cc(Br)ccc1F)NC(=O)c1ccccc1. The Bertz CT molecular complexity index is 1850. The van der Waals surface area contributed by atoms with Gasteiger partial charge in [-0.15, -0.1) is 11.8 Å². The fourth-order valence-corrected chi connectivity index (χ4v) is 5.92. The second kappa shape index (κ2) is 13.7. The number of carbonyl (C=O) groups excluding carboxylic acids is 4. The van der Waals surface area contributed by atoms with Crippen LogP contribution in [0.5, 0.6) is 0 Å². The molecule has 10 nitrogen and oxygen atoms in total. The van der Waals surface area contributed by atoms with E-state index in [-0.39, 0.29) is 29.1 Å². The van der Waals surface area contributed by atoms with Gasteiger partial charge in [0, 0.05) is 44.7 Å². The van der Waals surface area contributed by atoms with Crippen LogP contribution in [0, 0.1) is 15.9 Å². The molecule has 0 unspecified atom stereocenters. The predicted octanol–water partition coefficient (Wildman–Crippen LogP) is 6.33. The summed E-state index contributed by atoms with van der Waals surface area (Å²) in [6.45, 7) is 0. The molecule has 0 saturated carbocycles. The molecule has 1 aliphatic heterocycles. The number of rotatable bonds is 9. The Morgan fingerprint density at radius 2 is 1.71 bits per heavy atom. The summed E-state index contributed by atoms with van der Waals surface area (Å²) in [7, 11) is 0. The van der Waals surface area contributed by atoms with E-state index in [0.717, 1.165) is 16.7 Å². The zero-order valence-corrected chi connectivity index (χ0v) is 25.5. The molecular weight excluding hydrogens is 667 g/mol. The van der Waals surface area contributed by atoms with Crippen LogP contribution in [0.15, 0.2) is 112 Å². The number of hydrogen-bond acceptors (Lipinski definition) is 7. The predicted molar refractivity (Wildman–Crippen MR) is 171 cm³/mol. The maximum atomic E-state index is 14.6. The molecule has 0 bridgehead atoms. The summed E-state index contributed by atoms with van der Waals surface area (Å²) < 4.78 is 15.1. The molecule has 1 heterocycles. The minimum Gasteiger partial charge on any atom is -0.321 e. The highest BCUT2D eigenvalue weighted by Gasteiger charge is 2.40. The van der Waals surface area contributed by atoms with Crippen LogP contribution in [0.2, 0.25) is 0 Å². The van der Waals surface area contributed by atoms with E-state index >= 15 is 0 Å². The average molecular weight is 690 g/mol. The first-order valence-electron chi connectivity index (χ1n) is 13.3. The first-order valence-corrected chi connectivity index (χ1v) is 15.0. The van der Waals surface area contributed by atoms with Gasteiger partial charge in [0.2, 0.25) is 11.8 Å². The topological polar surface area (TPSA) is 139 Å². The summed E-state index contributed by atoms with van der Waals surface area (Å²) in [5.74, 6) is -2.82. The zero-order chi connectivity index (χ0) is 32.1. The molecule has 4 aromatic rings. The Labute approximate surface area is 268 Å². The number of halogens is 2. The van der Waals surface area contributed by atoms with Gasteiger partial charge in [-0.2, -0.15) is 0 Å². The number of nitrogens with one attached hydrogen (secondary N) is 2. The highest BCUT2D eigenvalue weighted by atomic mass is 79.9. The number of nitro groups is 1. The zero-order valence-electron chi connectivity index (χ0n) is 23.1. The smallest absolute Gasteiger partial charge is 0.272 e. The fourth-order valence-electron chi connectivity index (χ4n) is 4.42. The molecule has 1 fully saturated rings. The third-order valence-electron chi connectivity index (χ3n) is 6.58. The van der Waals surface area contributed by atoms with Crippen molar-refractivity contribution in [2.45, 2.75) is 16.6 Å². The van der Waals surface area contributed by atoms with Crippen LogP contribution in [-0.2, 0) is 14.4 Å². The molecule has 1 atom stereocenters. The summed E-state index contributed by atoms with van der Waals surface area (Å²) >= 11 is 4.41. The molecule has 13 heteroatoms. The van der Waals surface area contributed by atoms with Gasteiger partial charge in [0.1, 0.15) is 11.5 Å². The number of nitro benzene ring substituents is 1.